The standard InChI is InChI=1S/C26H38N6O2/c1-18(2)21(12-10-9-11-16-27-7)32-19(3)24(29-17-15-23(33)34-26(4,5)6)30-20-13-14-22(28-8)31-25(20)32/h9-11,13-14,16,18,21H,3,7,12,15,17H2,1-2,4-6,8H3,(H,28,31)(H,29,30)/b10-9-,16-11-. The van der Waals surface area contributed by atoms with Crippen molar-refractivity contribution in [3.8, 4) is 0 Å². The monoisotopic (exact) mass is 466 g/mol. The van der Waals surface area contributed by atoms with E-state index in [1.54, 1.807) is 6.20 Å². The molecule has 0 saturated carbocycles. The summed E-state index contributed by atoms with van der Waals surface area (Å²) in [6.45, 7) is 18.0. The first kappa shape index (κ1) is 26.8. The number of carbonyl (C=O) groups excluding carboxylic acids is 1. The third-order valence-corrected chi connectivity index (χ3v) is 5.10. The predicted molar refractivity (Wildman–Crippen MR) is 143 cm³/mol. The van der Waals surface area contributed by atoms with E-state index in [9.17, 15) is 4.79 Å². The van der Waals surface area contributed by atoms with E-state index in [0.717, 1.165) is 23.7 Å². The fourth-order valence-corrected chi connectivity index (χ4v) is 3.53. The molecule has 8 nitrogen and oxygen atoms in total. The molecule has 1 aliphatic heterocycles. The van der Waals surface area contributed by atoms with Crippen molar-refractivity contribution in [2.24, 2.45) is 15.9 Å². The predicted octanol–water partition coefficient (Wildman–Crippen LogP) is 5.18. The molecule has 0 amide bonds. The molecule has 8 heteroatoms. The lowest BCUT2D eigenvalue weighted by molar-refractivity contribution is -0.154. The van der Waals surface area contributed by atoms with Crippen LogP contribution in [0.4, 0.5) is 17.3 Å². The minimum atomic E-state index is -0.516. The molecule has 2 heterocycles. The van der Waals surface area contributed by atoms with Gasteiger partial charge in [0, 0.05) is 19.3 Å². The van der Waals surface area contributed by atoms with Crippen LogP contribution in [0.2, 0.25) is 0 Å². The highest BCUT2D eigenvalue weighted by molar-refractivity contribution is 6.14. The fraction of sp³-hybridized carbons (Fsp3) is 0.462. The molecule has 0 saturated heterocycles. The summed E-state index contributed by atoms with van der Waals surface area (Å²) in [5.74, 6) is 2.21. The van der Waals surface area contributed by atoms with Gasteiger partial charge in [0.15, 0.2) is 5.82 Å². The molecule has 2 N–H and O–H groups in total. The van der Waals surface area contributed by atoms with Crippen molar-refractivity contribution < 1.29 is 9.53 Å². The molecular weight excluding hydrogens is 428 g/mol. The van der Waals surface area contributed by atoms with Gasteiger partial charge < -0.3 is 20.3 Å². The van der Waals surface area contributed by atoms with Crippen molar-refractivity contribution in [1.82, 2.24) is 4.98 Å². The van der Waals surface area contributed by atoms with Crippen LogP contribution in [0.3, 0.4) is 0 Å². The highest BCUT2D eigenvalue weighted by Crippen LogP contribution is 2.37. The van der Waals surface area contributed by atoms with Crippen LogP contribution < -0.4 is 15.5 Å². The summed E-state index contributed by atoms with van der Waals surface area (Å²) in [6.07, 6.45) is 8.53. The van der Waals surface area contributed by atoms with Crippen LogP contribution in [0, 0.1) is 5.92 Å². The zero-order valence-electron chi connectivity index (χ0n) is 21.3. The van der Waals surface area contributed by atoms with Crippen molar-refractivity contribution in [3.05, 3.63) is 48.8 Å². The molecule has 1 aromatic heterocycles. The second-order valence-electron chi connectivity index (χ2n) is 9.33. The number of nitrogens with one attached hydrogen (secondary N) is 2. The summed E-state index contributed by atoms with van der Waals surface area (Å²) in [5, 5.41) is 6.45. The zero-order chi connectivity index (χ0) is 25.3. The Morgan fingerprint density at radius 1 is 1.32 bits per heavy atom. The maximum atomic E-state index is 12.1. The van der Waals surface area contributed by atoms with Crippen LogP contribution in [0.15, 0.2) is 58.8 Å². The van der Waals surface area contributed by atoms with E-state index in [1.807, 2.05) is 52.1 Å². The summed E-state index contributed by atoms with van der Waals surface area (Å²) in [5.41, 5.74) is 1.04. The van der Waals surface area contributed by atoms with Crippen LogP contribution in [-0.2, 0) is 9.53 Å². The third-order valence-electron chi connectivity index (χ3n) is 5.10. The number of aliphatic imine (C=N–C) groups is 2. The number of ether oxygens (including phenoxy) is 1. The van der Waals surface area contributed by atoms with Gasteiger partial charge >= 0.3 is 5.97 Å². The van der Waals surface area contributed by atoms with Crippen molar-refractivity contribution in [2.75, 3.05) is 29.1 Å². The van der Waals surface area contributed by atoms with E-state index in [0.29, 0.717) is 24.0 Å². The number of esters is 1. The van der Waals surface area contributed by atoms with Crippen LogP contribution in [-0.4, -0.2) is 48.7 Å². The summed E-state index contributed by atoms with van der Waals surface area (Å²) < 4.78 is 5.40. The Morgan fingerprint density at radius 3 is 2.68 bits per heavy atom. The number of anilines is 3. The highest BCUT2D eigenvalue weighted by Gasteiger charge is 2.33. The molecular formula is C26H38N6O2. The molecule has 1 unspecified atom stereocenters. The average molecular weight is 467 g/mol. The number of carbonyl (C=O) groups is 1. The SMILES string of the molecule is C=N/C=C\C=C/CC(C(C)C)N1C(=C)C(=NCCC(=O)OC(C)(C)C)Nc2ccc(NC)nc21. The van der Waals surface area contributed by atoms with Crippen LogP contribution >= 0.6 is 0 Å². The summed E-state index contributed by atoms with van der Waals surface area (Å²) in [4.78, 5) is 27.5. The van der Waals surface area contributed by atoms with Gasteiger partial charge in [0.25, 0.3) is 0 Å². The van der Waals surface area contributed by atoms with Crippen molar-refractivity contribution in [2.45, 2.75) is 59.1 Å². The summed E-state index contributed by atoms with van der Waals surface area (Å²) >= 11 is 0. The lowest BCUT2D eigenvalue weighted by atomic mass is 9.96. The Hall–Kier alpha value is -3.42. The second kappa shape index (κ2) is 12.2. The Kier molecular flexibility index (Phi) is 9.59. The Morgan fingerprint density at radius 2 is 2.06 bits per heavy atom. The van der Waals surface area contributed by atoms with E-state index < -0.39 is 5.60 Å². The Bertz CT molecular complexity index is 972. The Balaban J connectivity index is 2.35. The molecule has 0 aliphatic carbocycles. The van der Waals surface area contributed by atoms with Gasteiger partial charge in [-0.3, -0.25) is 14.8 Å². The van der Waals surface area contributed by atoms with Crippen LogP contribution in [0.5, 0.6) is 0 Å². The number of nitrogens with zero attached hydrogens (tertiary/aromatic N) is 4. The zero-order valence-corrected chi connectivity index (χ0v) is 21.3. The van der Waals surface area contributed by atoms with Gasteiger partial charge in [0.05, 0.1) is 24.4 Å². The Labute approximate surface area is 203 Å². The van der Waals surface area contributed by atoms with Gasteiger partial charge in [-0.1, -0.05) is 32.6 Å². The lowest BCUT2D eigenvalue weighted by Gasteiger charge is -2.40. The lowest BCUT2D eigenvalue weighted by Crippen LogP contribution is -2.45. The topological polar surface area (TPSA) is 91.2 Å². The van der Waals surface area contributed by atoms with E-state index in [2.05, 4.69) is 58.7 Å². The minimum Gasteiger partial charge on any atom is -0.460 e. The number of allylic oxidation sites excluding steroid dienone is 2. The van der Waals surface area contributed by atoms with Crippen LogP contribution in [0.1, 0.15) is 47.5 Å². The minimum absolute atomic E-state index is 0.0883. The maximum absolute atomic E-state index is 12.1. The average Bonchev–Trinajstić information content (AvgIpc) is 2.75. The molecule has 0 aromatic carbocycles. The van der Waals surface area contributed by atoms with Gasteiger partial charge in [-0.15, -0.1) is 0 Å². The number of pyridine rings is 1. The van der Waals surface area contributed by atoms with Crippen molar-refractivity contribution in [3.63, 3.8) is 0 Å². The number of hydrogen-bond donors (Lipinski definition) is 2. The molecule has 1 atom stereocenters. The van der Waals surface area contributed by atoms with Crippen molar-refractivity contribution >= 4 is 35.8 Å². The van der Waals surface area contributed by atoms with Crippen molar-refractivity contribution in [1.29, 1.82) is 0 Å². The number of amidine groups is 1. The molecule has 0 spiro atoms. The largest absolute Gasteiger partial charge is 0.460 e. The molecule has 34 heavy (non-hydrogen) atoms. The van der Waals surface area contributed by atoms with Crippen LogP contribution in [0.25, 0.3) is 0 Å². The van der Waals surface area contributed by atoms with E-state index in [1.165, 1.54) is 0 Å². The second-order valence-corrected chi connectivity index (χ2v) is 9.33. The smallest absolute Gasteiger partial charge is 0.308 e. The van der Waals surface area contributed by atoms with E-state index >= 15 is 0 Å². The first-order valence-corrected chi connectivity index (χ1v) is 11.6. The maximum Gasteiger partial charge on any atom is 0.308 e. The third kappa shape index (κ3) is 7.57. The molecule has 0 fully saturated rings. The molecule has 2 rings (SSSR count). The number of hydrogen-bond acceptors (Lipinski definition) is 7. The first-order valence-electron chi connectivity index (χ1n) is 11.6. The molecule has 0 radical (unpaired) electrons. The summed E-state index contributed by atoms with van der Waals surface area (Å²) in [6, 6.07) is 3.97. The number of rotatable bonds is 10. The van der Waals surface area contributed by atoms with Gasteiger partial charge in [0.2, 0.25) is 0 Å². The summed E-state index contributed by atoms with van der Waals surface area (Å²) in [7, 11) is 1.84. The normalized spacial score (nSPS) is 16.1. The number of fused-ring (bicyclic) bond motifs is 1. The fourth-order valence-electron chi connectivity index (χ4n) is 3.53. The van der Waals surface area contributed by atoms with E-state index in [4.69, 9.17) is 9.72 Å². The molecule has 1 aromatic rings. The molecule has 184 valence electrons. The van der Waals surface area contributed by atoms with Gasteiger partial charge in [-0.05, 0) is 58.0 Å². The first-order chi connectivity index (χ1) is 16.1. The number of aromatic nitrogens is 1. The van der Waals surface area contributed by atoms with Gasteiger partial charge in [-0.25, -0.2) is 4.98 Å². The van der Waals surface area contributed by atoms with E-state index in [-0.39, 0.29) is 18.4 Å². The quantitative estimate of drug-likeness (QED) is 0.280. The molecule has 1 aliphatic rings. The highest BCUT2D eigenvalue weighted by atomic mass is 16.6. The van der Waals surface area contributed by atoms with Gasteiger partial charge in [0.1, 0.15) is 17.3 Å². The van der Waals surface area contributed by atoms with Gasteiger partial charge in [-0.2, -0.15) is 0 Å². The molecule has 0 bridgehead atoms.